The van der Waals surface area contributed by atoms with Crippen LogP contribution in [0.2, 0.25) is 0 Å². The van der Waals surface area contributed by atoms with Crippen LogP contribution in [0.25, 0.3) is 0 Å². The summed E-state index contributed by atoms with van der Waals surface area (Å²) in [4.78, 5) is 27.4. The van der Waals surface area contributed by atoms with Crippen LogP contribution < -0.4 is 4.90 Å². The van der Waals surface area contributed by atoms with Gasteiger partial charge in [-0.25, -0.2) is 0 Å². The van der Waals surface area contributed by atoms with Crippen molar-refractivity contribution in [3.8, 4) is 0 Å². The molecule has 2 aliphatic heterocycles. The Kier molecular flexibility index (Phi) is 4.98. The van der Waals surface area contributed by atoms with Crippen molar-refractivity contribution in [2.24, 2.45) is 5.92 Å². The molecule has 3 rings (SSSR count). The molecule has 26 heavy (non-hydrogen) atoms. The van der Waals surface area contributed by atoms with E-state index < -0.39 is 16.6 Å². The van der Waals surface area contributed by atoms with Gasteiger partial charge in [-0.2, -0.15) is 13.2 Å². The molecular formula is C18H21F3N2O2S. The minimum atomic E-state index is -4.45. The monoisotopic (exact) mass is 386 g/mol. The second-order valence-electron chi connectivity index (χ2n) is 6.99. The molecule has 0 N–H and O–H groups in total. The number of likely N-dealkylation sites (tertiary alicyclic amines) is 1. The average molecular weight is 386 g/mol. The zero-order chi connectivity index (χ0) is 19.1. The van der Waals surface area contributed by atoms with Gasteiger partial charge in [0.2, 0.25) is 11.8 Å². The number of thioether (sulfide) groups is 1. The number of nitrogens with zero attached hydrogens (tertiary/aromatic N) is 2. The highest BCUT2D eigenvalue weighted by atomic mass is 32.2. The normalized spacial score (nSPS) is 20.3. The predicted octanol–water partition coefficient (Wildman–Crippen LogP) is 3.76. The lowest BCUT2D eigenvalue weighted by Gasteiger charge is -2.44. The van der Waals surface area contributed by atoms with Gasteiger partial charge in [-0.1, -0.05) is 19.9 Å². The van der Waals surface area contributed by atoms with E-state index in [-0.39, 0.29) is 29.2 Å². The van der Waals surface area contributed by atoms with Gasteiger partial charge < -0.3 is 4.90 Å². The summed E-state index contributed by atoms with van der Waals surface area (Å²) in [5.74, 6) is 0.0354. The second-order valence-corrected chi connectivity index (χ2v) is 8.33. The van der Waals surface area contributed by atoms with E-state index in [1.54, 1.807) is 11.0 Å². The van der Waals surface area contributed by atoms with Crippen LogP contribution in [0.15, 0.2) is 24.3 Å². The van der Waals surface area contributed by atoms with Crippen LogP contribution in [0.4, 0.5) is 18.9 Å². The van der Waals surface area contributed by atoms with Crippen LogP contribution in [0, 0.1) is 5.92 Å². The van der Waals surface area contributed by atoms with Crippen molar-refractivity contribution in [3.63, 3.8) is 0 Å². The molecular weight excluding hydrogens is 365 g/mol. The van der Waals surface area contributed by atoms with Crippen LogP contribution in [0.5, 0.6) is 0 Å². The summed E-state index contributed by atoms with van der Waals surface area (Å²) in [6, 6.07) is 4.93. The smallest absolute Gasteiger partial charge is 0.342 e. The molecule has 2 saturated heterocycles. The highest BCUT2D eigenvalue weighted by Crippen LogP contribution is 2.47. The van der Waals surface area contributed by atoms with Gasteiger partial charge in [0.15, 0.2) is 0 Å². The molecule has 142 valence electrons. The van der Waals surface area contributed by atoms with Gasteiger partial charge in [0.05, 0.1) is 16.2 Å². The van der Waals surface area contributed by atoms with Crippen molar-refractivity contribution in [1.29, 1.82) is 0 Å². The first-order chi connectivity index (χ1) is 12.1. The Balaban J connectivity index is 1.86. The van der Waals surface area contributed by atoms with Gasteiger partial charge in [-0.05, 0) is 31.0 Å². The summed E-state index contributed by atoms with van der Waals surface area (Å²) in [6.07, 6.45) is -3.34. The third-order valence-electron chi connectivity index (χ3n) is 4.90. The highest BCUT2D eigenvalue weighted by molar-refractivity contribution is 8.02. The number of halogens is 3. The summed E-state index contributed by atoms with van der Waals surface area (Å²) in [7, 11) is 0. The van der Waals surface area contributed by atoms with Gasteiger partial charge in [0.1, 0.15) is 0 Å². The molecule has 0 bridgehead atoms. The largest absolute Gasteiger partial charge is 0.416 e. The van der Waals surface area contributed by atoms with Gasteiger partial charge in [-0.15, -0.1) is 11.8 Å². The van der Waals surface area contributed by atoms with Gasteiger partial charge in [-0.3, -0.25) is 14.5 Å². The fraction of sp³-hybridized carbons (Fsp3) is 0.556. The zero-order valence-electron chi connectivity index (χ0n) is 14.7. The average Bonchev–Trinajstić information content (AvgIpc) is 2.90. The van der Waals surface area contributed by atoms with E-state index in [1.165, 1.54) is 22.7 Å². The maximum atomic E-state index is 13.0. The van der Waals surface area contributed by atoms with E-state index in [0.29, 0.717) is 25.9 Å². The van der Waals surface area contributed by atoms with Crippen LogP contribution in [0.3, 0.4) is 0 Å². The molecule has 2 fully saturated rings. The number of alkyl halides is 3. The third-order valence-corrected chi connectivity index (χ3v) is 6.42. The number of benzene rings is 1. The van der Waals surface area contributed by atoms with Crippen molar-refractivity contribution in [3.05, 3.63) is 29.8 Å². The van der Waals surface area contributed by atoms with E-state index in [4.69, 9.17) is 0 Å². The van der Waals surface area contributed by atoms with E-state index in [9.17, 15) is 22.8 Å². The second kappa shape index (κ2) is 6.79. The first-order valence-electron chi connectivity index (χ1n) is 8.57. The Labute approximate surface area is 154 Å². The summed E-state index contributed by atoms with van der Waals surface area (Å²) < 4.78 is 39.1. The molecule has 4 nitrogen and oxygen atoms in total. The van der Waals surface area contributed by atoms with Crippen LogP contribution in [0.1, 0.15) is 32.3 Å². The first-order valence-corrected chi connectivity index (χ1v) is 9.56. The summed E-state index contributed by atoms with van der Waals surface area (Å²) in [5, 5.41) is 0. The van der Waals surface area contributed by atoms with E-state index in [2.05, 4.69) is 0 Å². The highest BCUT2D eigenvalue weighted by Gasteiger charge is 2.49. The lowest BCUT2D eigenvalue weighted by molar-refractivity contribution is -0.138. The van der Waals surface area contributed by atoms with E-state index in [0.717, 1.165) is 12.1 Å². The fourth-order valence-electron chi connectivity index (χ4n) is 3.56. The van der Waals surface area contributed by atoms with Gasteiger partial charge in [0.25, 0.3) is 0 Å². The van der Waals surface area contributed by atoms with Crippen LogP contribution in [-0.2, 0) is 15.8 Å². The third kappa shape index (κ3) is 3.43. The Morgan fingerprint density at radius 2 is 1.88 bits per heavy atom. The van der Waals surface area contributed by atoms with Crippen molar-refractivity contribution >= 4 is 29.3 Å². The SMILES string of the molecule is CC(C)C(=O)N1CCC2(CC1)SCC(=O)N2c1cccc(C(F)(F)F)c1. The van der Waals surface area contributed by atoms with Crippen molar-refractivity contribution in [2.45, 2.75) is 37.7 Å². The molecule has 2 heterocycles. The quantitative estimate of drug-likeness (QED) is 0.777. The van der Waals surface area contributed by atoms with Crippen LogP contribution >= 0.6 is 11.8 Å². The standard InChI is InChI=1S/C18H21F3N2O2S/c1-12(2)16(25)22-8-6-17(7-9-22)23(15(24)11-26-17)14-5-3-4-13(10-14)18(19,20)21/h3-5,10,12H,6-9,11H2,1-2H3. The van der Waals surface area contributed by atoms with Gasteiger partial charge in [0, 0.05) is 24.7 Å². The zero-order valence-corrected chi connectivity index (χ0v) is 15.5. The predicted molar refractivity (Wildman–Crippen MR) is 94.8 cm³/mol. The Hall–Kier alpha value is -1.70. The number of hydrogen-bond donors (Lipinski definition) is 0. The molecule has 0 radical (unpaired) electrons. The molecule has 1 aromatic carbocycles. The molecule has 2 amide bonds. The van der Waals surface area contributed by atoms with Crippen LogP contribution in [-0.4, -0.2) is 40.4 Å². The number of anilines is 1. The minimum Gasteiger partial charge on any atom is -0.342 e. The first kappa shape index (κ1) is 19.1. The summed E-state index contributed by atoms with van der Waals surface area (Å²) >= 11 is 1.47. The Morgan fingerprint density at radius 3 is 2.46 bits per heavy atom. The van der Waals surface area contributed by atoms with Crippen molar-refractivity contribution in [2.75, 3.05) is 23.7 Å². The molecule has 1 aromatic rings. The number of amides is 2. The topological polar surface area (TPSA) is 40.6 Å². The summed E-state index contributed by atoms with van der Waals surface area (Å²) in [6.45, 7) is 4.70. The molecule has 0 unspecified atom stereocenters. The minimum absolute atomic E-state index is 0.0693. The maximum Gasteiger partial charge on any atom is 0.416 e. The van der Waals surface area contributed by atoms with E-state index >= 15 is 0 Å². The Morgan fingerprint density at radius 1 is 1.23 bits per heavy atom. The lowest BCUT2D eigenvalue weighted by atomic mass is 9.99. The summed E-state index contributed by atoms with van der Waals surface area (Å²) in [5.41, 5.74) is -0.485. The molecule has 8 heteroatoms. The van der Waals surface area contributed by atoms with Gasteiger partial charge >= 0.3 is 6.18 Å². The van der Waals surface area contributed by atoms with E-state index in [1.807, 2.05) is 13.8 Å². The lowest BCUT2D eigenvalue weighted by Crippen LogP contribution is -2.53. The molecule has 1 spiro atoms. The Bertz CT molecular complexity index is 713. The number of carbonyl (C=O) groups is 2. The molecule has 0 aromatic heterocycles. The number of piperidine rings is 1. The fourth-order valence-corrected chi connectivity index (χ4v) is 4.89. The maximum absolute atomic E-state index is 13.0. The molecule has 0 aliphatic carbocycles. The number of hydrogen-bond acceptors (Lipinski definition) is 3. The molecule has 0 saturated carbocycles. The van der Waals surface area contributed by atoms with Crippen molar-refractivity contribution < 1.29 is 22.8 Å². The number of carbonyl (C=O) groups excluding carboxylic acids is 2. The molecule has 0 atom stereocenters. The van der Waals surface area contributed by atoms with Crippen molar-refractivity contribution in [1.82, 2.24) is 4.90 Å². The number of rotatable bonds is 2. The molecule has 2 aliphatic rings.